The van der Waals surface area contributed by atoms with Gasteiger partial charge in [0, 0.05) is 29.5 Å². The number of para-hydroxylation sites is 1. The van der Waals surface area contributed by atoms with Crippen molar-refractivity contribution < 1.29 is 4.42 Å². The van der Waals surface area contributed by atoms with Crippen molar-refractivity contribution >= 4 is 11.0 Å². The van der Waals surface area contributed by atoms with Gasteiger partial charge in [0.05, 0.1) is 0 Å². The lowest BCUT2D eigenvalue weighted by atomic mass is 9.75. The molecule has 1 aliphatic rings. The molecule has 0 amide bonds. The number of hydrogen-bond donors (Lipinski definition) is 1. The molecule has 1 aromatic carbocycles. The highest BCUT2D eigenvalue weighted by atomic mass is 16.3. The highest BCUT2D eigenvalue weighted by Crippen LogP contribution is 2.36. The maximum atomic E-state index is 6.11. The predicted molar refractivity (Wildman–Crippen MR) is 88.5 cm³/mol. The Bertz CT molecular complexity index is 589. The van der Waals surface area contributed by atoms with Crippen molar-refractivity contribution in [3.63, 3.8) is 0 Å². The number of hydrogen-bond acceptors (Lipinski definition) is 2. The van der Waals surface area contributed by atoms with Crippen LogP contribution in [0, 0.1) is 0 Å². The molecule has 0 spiro atoms. The number of furan rings is 1. The van der Waals surface area contributed by atoms with Crippen LogP contribution in [0.4, 0.5) is 0 Å². The van der Waals surface area contributed by atoms with E-state index >= 15 is 0 Å². The number of rotatable bonds is 7. The number of benzene rings is 1. The third-order valence-corrected chi connectivity index (χ3v) is 5.17. The lowest BCUT2D eigenvalue weighted by Crippen LogP contribution is -2.49. The second kappa shape index (κ2) is 6.23. The molecule has 0 aliphatic heterocycles. The van der Waals surface area contributed by atoms with E-state index in [-0.39, 0.29) is 0 Å². The van der Waals surface area contributed by atoms with Crippen LogP contribution in [-0.4, -0.2) is 5.54 Å². The molecule has 1 heterocycles. The molecule has 0 atom stereocenters. The SMILES string of the molecule is CCCCc1oc2ccccc2c1CNC1(CC)CCC1. The highest BCUT2D eigenvalue weighted by molar-refractivity contribution is 5.82. The minimum Gasteiger partial charge on any atom is -0.461 e. The van der Waals surface area contributed by atoms with Crippen molar-refractivity contribution in [3.8, 4) is 0 Å². The van der Waals surface area contributed by atoms with Gasteiger partial charge in [-0.05, 0) is 38.2 Å². The normalized spacial score (nSPS) is 17.0. The molecule has 1 aromatic heterocycles. The summed E-state index contributed by atoms with van der Waals surface area (Å²) in [5.41, 5.74) is 2.82. The molecule has 2 heteroatoms. The standard InChI is InChI=1S/C19H27NO/c1-3-5-10-18-16(14-20-19(4-2)12-8-13-19)15-9-6-7-11-17(15)21-18/h6-7,9,11,20H,3-5,8,10,12-14H2,1-2H3. The topological polar surface area (TPSA) is 25.2 Å². The quantitative estimate of drug-likeness (QED) is 0.756. The van der Waals surface area contributed by atoms with Crippen molar-refractivity contribution in [1.29, 1.82) is 0 Å². The van der Waals surface area contributed by atoms with Gasteiger partial charge in [0.25, 0.3) is 0 Å². The minimum absolute atomic E-state index is 0.389. The molecular weight excluding hydrogens is 258 g/mol. The number of unbranched alkanes of at least 4 members (excludes halogenated alkanes) is 1. The van der Waals surface area contributed by atoms with Crippen LogP contribution in [0.15, 0.2) is 28.7 Å². The first-order chi connectivity index (χ1) is 10.3. The summed E-state index contributed by atoms with van der Waals surface area (Å²) in [6.45, 7) is 5.49. The van der Waals surface area contributed by atoms with E-state index in [0.29, 0.717) is 5.54 Å². The van der Waals surface area contributed by atoms with Crippen molar-refractivity contribution in [2.45, 2.75) is 70.9 Å². The van der Waals surface area contributed by atoms with Crippen LogP contribution in [0.5, 0.6) is 0 Å². The van der Waals surface area contributed by atoms with Gasteiger partial charge in [-0.25, -0.2) is 0 Å². The fraction of sp³-hybridized carbons (Fsp3) is 0.579. The minimum atomic E-state index is 0.389. The first-order valence-corrected chi connectivity index (χ1v) is 8.52. The first kappa shape index (κ1) is 14.6. The molecule has 1 fully saturated rings. The highest BCUT2D eigenvalue weighted by Gasteiger charge is 2.34. The maximum Gasteiger partial charge on any atom is 0.134 e. The van der Waals surface area contributed by atoms with Crippen LogP contribution < -0.4 is 5.32 Å². The van der Waals surface area contributed by atoms with Gasteiger partial charge in [0.15, 0.2) is 0 Å². The van der Waals surface area contributed by atoms with E-state index in [9.17, 15) is 0 Å². The molecule has 114 valence electrons. The van der Waals surface area contributed by atoms with E-state index in [4.69, 9.17) is 4.42 Å². The Hall–Kier alpha value is -1.28. The summed E-state index contributed by atoms with van der Waals surface area (Å²) in [7, 11) is 0. The van der Waals surface area contributed by atoms with Crippen LogP contribution >= 0.6 is 0 Å². The zero-order chi connectivity index (χ0) is 14.7. The van der Waals surface area contributed by atoms with Crippen LogP contribution in [-0.2, 0) is 13.0 Å². The molecule has 0 saturated heterocycles. The lowest BCUT2D eigenvalue weighted by Gasteiger charge is -2.42. The zero-order valence-corrected chi connectivity index (χ0v) is 13.4. The summed E-state index contributed by atoms with van der Waals surface area (Å²) in [6, 6.07) is 8.47. The molecule has 0 radical (unpaired) electrons. The zero-order valence-electron chi connectivity index (χ0n) is 13.4. The lowest BCUT2D eigenvalue weighted by molar-refractivity contribution is 0.175. The Morgan fingerprint density at radius 1 is 1.19 bits per heavy atom. The van der Waals surface area contributed by atoms with Gasteiger partial charge in [-0.2, -0.15) is 0 Å². The van der Waals surface area contributed by atoms with Crippen LogP contribution in [0.25, 0.3) is 11.0 Å². The number of nitrogens with one attached hydrogen (secondary N) is 1. The molecule has 21 heavy (non-hydrogen) atoms. The maximum absolute atomic E-state index is 6.11. The summed E-state index contributed by atoms with van der Waals surface area (Å²) in [4.78, 5) is 0. The summed E-state index contributed by atoms with van der Waals surface area (Å²) in [5, 5.41) is 5.13. The van der Waals surface area contributed by atoms with Crippen molar-refractivity contribution in [3.05, 3.63) is 35.6 Å². The van der Waals surface area contributed by atoms with E-state index in [0.717, 1.165) is 18.5 Å². The number of fused-ring (bicyclic) bond motifs is 1. The molecular formula is C19H27NO. The Balaban J connectivity index is 1.84. The van der Waals surface area contributed by atoms with E-state index in [1.807, 2.05) is 0 Å². The molecule has 2 nitrogen and oxygen atoms in total. The molecule has 0 bridgehead atoms. The van der Waals surface area contributed by atoms with Gasteiger partial charge in [0.2, 0.25) is 0 Å². The Labute approximate surface area is 127 Å². The van der Waals surface area contributed by atoms with Gasteiger partial charge in [0.1, 0.15) is 11.3 Å². The Morgan fingerprint density at radius 3 is 2.67 bits per heavy atom. The second-order valence-corrected chi connectivity index (χ2v) is 6.44. The smallest absolute Gasteiger partial charge is 0.134 e. The molecule has 1 N–H and O–H groups in total. The third-order valence-electron chi connectivity index (χ3n) is 5.17. The van der Waals surface area contributed by atoms with Gasteiger partial charge < -0.3 is 9.73 Å². The van der Waals surface area contributed by atoms with Gasteiger partial charge in [-0.3, -0.25) is 0 Å². The fourth-order valence-corrected chi connectivity index (χ4v) is 3.42. The Kier molecular flexibility index (Phi) is 4.34. The first-order valence-electron chi connectivity index (χ1n) is 8.52. The second-order valence-electron chi connectivity index (χ2n) is 6.44. The van der Waals surface area contributed by atoms with Gasteiger partial charge in [-0.15, -0.1) is 0 Å². The molecule has 1 saturated carbocycles. The van der Waals surface area contributed by atoms with Crippen LogP contribution in [0.2, 0.25) is 0 Å². The predicted octanol–water partition coefficient (Wildman–Crippen LogP) is 5.20. The van der Waals surface area contributed by atoms with Gasteiger partial charge in [-0.1, -0.05) is 38.5 Å². The molecule has 0 unspecified atom stereocenters. The average molecular weight is 285 g/mol. The summed E-state index contributed by atoms with van der Waals surface area (Å²) in [5.74, 6) is 1.19. The summed E-state index contributed by atoms with van der Waals surface area (Å²) < 4.78 is 6.11. The Morgan fingerprint density at radius 2 is 2.00 bits per heavy atom. The van der Waals surface area contributed by atoms with E-state index in [2.05, 4.69) is 43.4 Å². The van der Waals surface area contributed by atoms with Crippen LogP contribution in [0.1, 0.15) is 63.7 Å². The van der Waals surface area contributed by atoms with Crippen molar-refractivity contribution in [2.24, 2.45) is 0 Å². The molecule has 2 aromatic rings. The molecule has 3 rings (SSSR count). The number of aryl methyl sites for hydroxylation is 1. The largest absolute Gasteiger partial charge is 0.461 e. The monoisotopic (exact) mass is 285 g/mol. The summed E-state index contributed by atoms with van der Waals surface area (Å²) >= 11 is 0. The van der Waals surface area contributed by atoms with Crippen molar-refractivity contribution in [2.75, 3.05) is 0 Å². The van der Waals surface area contributed by atoms with E-state index < -0.39 is 0 Å². The van der Waals surface area contributed by atoms with Crippen LogP contribution in [0.3, 0.4) is 0 Å². The van der Waals surface area contributed by atoms with Gasteiger partial charge >= 0.3 is 0 Å². The van der Waals surface area contributed by atoms with E-state index in [1.165, 1.54) is 55.2 Å². The fourth-order valence-electron chi connectivity index (χ4n) is 3.42. The average Bonchev–Trinajstić information content (AvgIpc) is 2.82. The van der Waals surface area contributed by atoms with Crippen molar-refractivity contribution in [1.82, 2.24) is 5.32 Å². The third kappa shape index (κ3) is 2.87. The molecule has 1 aliphatic carbocycles. The summed E-state index contributed by atoms with van der Waals surface area (Å²) in [6.07, 6.45) is 8.71. The van der Waals surface area contributed by atoms with E-state index in [1.54, 1.807) is 0 Å².